The van der Waals surface area contributed by atoms with E-state index >= 15 is 0 Å². The fraction of sp³-hybridized carbons (Fsp3) is 0.355. The number of rotatable bonds is 14. The van der Waals surface area contributed by atoms with Crippen LogP contribution < -0.4 is 15.4 Å². The van der Waals surface area contributed by atoms with Crippen LogP contribution in [0.2, 0.25) is 0 Å². The monoisotopic (exact) mass is 637 g/mol. The van der Waals surface area contributed by atoms with Crippen molar-refractivity contribution in [2.45, 2.75) is 45.2 Å². The van der Waals surface area contributed by atoms with E-state index in [0.29, 0.717) is 6.54 Å². The number of anilines is 1. The summed E-state index contributed by atoms with van der Waals surface area (Å²) in [6.07, 6.45) is -3.65. The molecule has 0 aliphatic heterocycles. The van der Waals surface area contributed by atoms with Gasteiger partial charge in [-0.15, -0.1) is 13.2 Å². The summed E-state index contributed by atoms with van der Waals surface area (Å²) in [4.78, 5) is 26.1. The highest BCUT2D eigenvalue weighted by molar-refractivity contribution is 9.08. The molecule has 10 heteroatoms. The SMILES string of the molecule is CBr.CCC(CC)[C@H](C[NH2+]CC(=O)c1ccc(OC(F)(F)F)cc1)OC(=O)[C@H](Nc1ccccc1)c1ccccc1. The standard InChI is InChI=1S/C30H33F3N2O4.CH3Br/c1-3-21(4-2)27(20-34-19-26(36)22-15-17-25(18-16-22)39-30(31,32)33)38-29(37)28(23-11-7-5-8-12-23)35-24-13-9-6-10-14-24;1-2/h5-18,21,27-28,34-35H,3-4,19-20H2,1-2H3;1H3/p+1/t27-,28+;/m0./s1. The molecule has 0 saturated heterocycles. The van der Waals surface area contributed by atoms with Gasteiger partial charge >= 0.3 is 12.3 Å². The number of esters is 1. The number of halogens is 4. The number of hydrogen-bond donors (Lipinski definition) is 2. The Bertz CT molecular complexity index is 1180. The van der Waals surface area contributed by atoms with E-state index in [9.17, 15) is 22.8 Å². The second-order valence-corrected chi connectivity index (χ2v) is 9.13. The van der Waals surface area contributed by atoms with E-state index in [2.05, 4.69) is 26.0 Å². The minimum Gasteiger partial charge on any atom is -0.454 e. The number of quaternary nitrogens is 1. The Hall–Kier alpha value is -3.37. The van der Waals surface area contributed by atoms with E-state index in [0.717, 1.165) is 36.2 Å². The molecule has 222 valence electrons. The molecule has 0 heterocycles. The Morgan fingerprint density at radius 2 is 1.44 bits per heavy atom. The van der Waals surface area contributed by atoms with Crippen LogP contribution in [0, 0.1) is 5.92 Å². The molecule has 0 aliphatic rings. The summed E-state index contributed by atoms with van der Waals surface area (Å²) in [6.45, 7) is 4.48. The van der Waals surface area contributed by atoms with Crippen LogP contribution in [-0.2, 0) is 9.53 Å². The van der Waals surface area contributed by atoms with Crippen molar-refractivity contribution in [1.29, 1.82) is 0 Å². The number of ketones is 1. The molecule has 0 spiro atoms. The van der Waals surface area contributed by atoms with Crippen molar-refractivity contribution in [3.63, 3.8) is 0 Å². The van der Waals surface area contributed by atoms with Crippen LogP contribution >= 0.6 is 15.9 Å². The quantitative estimate of drug-likeness (QED) is 0.119. The lowest BCUT2D eigenvalue weighted by Crippen LogP contribution is -2.88. The lowest BCUT2D eigenvalue weighted by atomic mass is 9.96. The Labute approximate surface area is 247 Å². The minimum absolute atomic E-state index is 0.0536. The highest BCUT2D eigenvalue weighted by Gasteiger charge is 2.31. The number of carbonyl (C=O) groups excluding carboxylic acids is 2. The van der Waals surface area contributed by atoms with Gasteiger partial charge in [0, 0.05) is 17.2 Å². The van der Waals surface area contributed by atoms with E-state index in [1.807, 2.05) is 80.3 Å². The maximum atomic E-state index is 13.5. The molecule has 0 bridgehead atoms. The average Bonchev–Trinajstić information content (AvgIpc) is 2.98. The molecule has 0 unspecified atom stereocenters. The first-order chi connectivity index (χ1) is 19.7. The molecule has 0 aliphatic carbocycles. The largest absolute Gasteiger partial charge is 0.573 e. The van der Waals surface area contributed by atoms with Crippen molar-refractivity contribution >= 4 is 33.4 Å². The highest BCUT2D eigenvalue weighted by atomic mass is 79.9. The third-order valence-corrected chi connectivity index (χ3v) is 6.43. The number of hydrogen-bond acceptors (Lipinski definition) is 5. The van der Waals surface area contributed by atoms with E-state index in [4.69, 9.17) is 4.74 Å². The number of para-hydroxylation sites is 1. The number of nitrogens with one attached hydrogen (secondary N) is 1. The smallest absolute Gasteiger partial charge is 0.454 e. The van der Waals surface area contributed by atoms with Crippen LogP contribution in [0.5, 0.6) is 5.75 Å². The topological polar surface area (TPSA) is 81.2 Å². The van der Waals surface area contributed by atoms with Gasteiger partial charge in [0.1, 0.15) is 18.8 Å². The van der Waals surface area contributed by atoms with Crippen molar-refractivity contribution in [2.24, 2.45) is 5.92 Å². The molecule has 3 aromatic carbocycles. The van der Waals surface area contributed by atoms with Crippen LogP contribution in [0.3, 0.4) is 0 Å². The molecule has 0 amide bonds. The summed E-state index contributed by atoms with van der Waals surface area (Å²) in [5.41, 5.74) is 1.83. The average molecular weight is 639 g/mol. The zero-order valence-electron chi connectivity index (χ0n) is 23.4. The summed E-state index contributed by atoms with van der Waals surface area (Å²) < 4.78 is 47.1. The molecular weight excluding hydrogens is 601 g/mol. The Morgan fingerprint density at radius 1 is 0.878 bits per heavy atom. The molecular formula is C31H37BrF3N2O4+. The van der Waals surface area contributed by atoms with Gasteiger partial charge in [-0.25, -0.2) is 4.79 Å². The van der Waals surface area contributed by atoms with E-state index < -0.39 is 24.5 Å². The molecule has 0 aromatic heterocycles. The van der Waals surface area contributed by atoms with Crippen LogP contribution in [-0.4, -0.2) is 43.1 Å². The summed E-state index contributed by atoms with van der Waals surface area (Å²) >= 11 is 2.94. The number of carbonyl (C=O) groups is 2. The molecule has 0 fully saturated rings. The van der Waals surface area contributed by atoms with Crippen molar-refractivity contribution in [3.05, 3.63) is 96.1 Å². The van der Waals surface area contributed by atoms with Crippen LogP contribution in [0.1, 0.15) is 48.7 Å². The number of ether oxygens (including phenoxy) is 2. The second-order valence-electron chi connectivity index (χ2n) is 9.13. The Balaban J connectivity index is 0.00000287. The maximum absolute atomic E-state index is 13.5. The molecule has 3 aromatic rings. The van der Waals surface area contributed by atoms with Crippen molar-refractivity contribution in [1.82, 2.24) is 0 Å². The zero-order chi connectivity index (χ0) is 30.3. The van der Waals surface area contributed by atoms with Gasteiger partial charge in [0.2, 0.25) is 5.78 Å². The van der Waals surface area contributed by atoms with Crippen molar-refractivity contribution < 1.29 is 37.6 Å². The first-order valence-corrected chi connectivity index (χ1v) is 14.9. The second kappa shape index (κ2) is 17.4. The normalized spacial score (nSPS) is 12.5. The lowest BCUT2D eigenvalue weighted by molar-refractivity contribution is -0.650. The molecule has 41 heavy (non-hydrogen) atoms. The van der Waals surface area contributed by atoms with Crippen LogP contribution in [0.15, 0.2) is 84.9 Å². The minimum atomic E-state index is -4.79. The summed E-state index contributed by atoms with van der Waals surface area (Å²) in [5.74, 6) is 0.846. The van der Waals surface area contributed by atoms with Gasteiger partial charge in [-0.1, -0.05) is 78.3 Å². The van der Waals surface area contributed by atoms with E-state index in [1.54, 1.807) is 5.32 Å². The Morgan fingerprint density at radius 3 is 1.98 bits per heavy atom. The number of nitrogens with two attached hydrogens (primary N) is 1. The number of Topliss-reactive ketones (excluding diaryl/α,β-unsaturated/α-hetero) is 1. The predicted molar refractivity (Wildman–Crippen MR) is 157 cm³/mol. The summed E-state index contributed by atoms with van der Waals surface area (Å²) in [6, 6.07) is 22.9. The highest BCUT2D eigenvalue weighted by Crippen LogP contribution is 2.25. The van der Waals surface area contributed by atoms with Crippen LogP contribution in [0.4, 0.5) is 18.9 Å². The number of benzene rings is 3. The zero-order valence-corrected chi connectivity index (χ0v) is 25.0. The molecule has 2 atom stereocenters. The lowest BCUT2D eigenvalue weighted by Gasteiger charge is -2.27. The fourth-order valence-electron chi connectivity index (χ4n) is 4.33. The van der Waals surface area contributed by atoms with Gasteiger partial charge in [0.15, 0.2) is 12.1 Å². The predicted octanol–water partition coefficient (Wildman–Crippen LogP) is 6.54. The molecule has 3 rings (SSSR count). The van der Waals surface area contributed by atoms with Crippen LogP contribution in [0.25, 0.3) is 0 Å². The van der Waals surface area contributed by atoms with Gasteiger partial charge in [-0.05, 0) is 60.6 Å². The number of alkyl halides is 4. The van der Waals surface area contributed by atoms with Gasteiger partial charge in [-0.3, -0.25) is 4.79 Å². The molecule has 0 radical (unpaired) electrons. The van der Waals surface area contributed by atoms with E-state index in [1.165, 1.54) is 12.1 Å². The van der Waals surface area contributed by atoms with E-state index in [-0.39, 0.29) is 29.6 Å². The maximum Gasteiger partial charge on any atom is 0.573 e. The van der Waals surface area contributed by atoms with Crippen molar-refractivity contribution in [3.8, 4) is 5.75 Å². The first kappa shape index (κ1) is 33.8. The third-order valence-electron chi connectivity index (χ3n) is 6.43. The van der Waals surface area contributed by atoms with Gasteiger partial charge < -0.3 is 20.1 Å². The summed E-state index contributed by atoms with van der Waals surface area (Å²) in [7, 11) is 0. The molecule has 6 nitrogen and oxygen atoms in total. The van der Waals surface area contributed by atoms with Crippen molar-refractivity contribution in [2.75, 3.05) is 24.2 Å². The van der Waals surface area contributed by atoms with Gasteiger partial charge in [-0.2, -0.15) is 0 Å². The molecule has 0 saturated carbocycles. The summed E-state index contributed by atoms with van der Waals surface area (Å²) in [5, 5.41) is 5.04. The van der Waals surface area contributed by atoms with Gasteiger partial charge in [0.05, 0.1) is 0 Å². The van der Waals surface area contributed by atoms with Gasteiger partial charge in [0.25, 0.3) is 0 Å². The molecule has 3 N–H and O–H groups in total. The first-order valence-electron chi connectivity index (χ1n) is 13.4. The third kappa shape index (κ3) is 11.6. The fourth-order valence-corrected chi connectivity index (χ4v) is 4.33. The Kier molecular flexibility index (Phi) is 14.4.